The second-order valence-electron chi connectivity index (χ2n) is 21.7. The first kappa shape index (κ1) is 77.4. The smallest absolute Gasteiger partial charge is 0.306 e. The molecule has 0 aromatic rings. The molecule has 0 aliphatic carbocycles. The van der Waals surface area contributed by atoms with E-state index in [0.717, 1.165) is 135 Å². The fourth-order valence-corrected chi connectivity index (χ4v) is 8.57. The molecule has 0 aliphatic heterocycles. The highest BCUT2D eigenvalue weighted by atomic mass is 31.2. The quantitative estimate of drug-likeness (QED) is 0.0195. The van der Waals surface area contributed by atoms with Gasteiger partial charge in [-0.05, 0) is 135 Å². The summed E-state index contributed by atoms with van der Waals surface area (Å²) >= 11 is 0. The number of phosphoric acid groups is 1. The summed E-state index contributed by atoms with van der Waals surface area (Å²) in [5.74, 6) is -0.884. The van der Waals surface area contributed by atoms with Crippen molar-refractivity contribution in [1.82, 2.24) is 0 Å². The summed E-state index contributed by atoms with van der Waals surface area (Å²) in [6.45, 7) is 4.03. The lowest BCUT2D eigenvalue weighted by Crippen LogP contribution is -2.37. The third kappa shape index (κ3) is 64.5. The van der Waals surface area contributed by atoms with Crippen molar-refractivity contribution in [2.75, 3.05) is 47.5 Å². The lowest BCUT2D eigenvalue weighted by atomic mass is 10.1. The van der Waals surface area contributed by atoms with Crippen molar-refractivity contribution in [1.29, 1.82) is 0 Å². The van der Waals surface area contributed by atoms with Gasteiger partial charge in [-0.1, -0.05) is 242 Å². The predicted molar refractivity (Wildman–Crippen MR) is 350 cm³/mol. The first-order chi connectivity index (χ1) is 40.0. The lowest BCUT2D eigenvalue weighted by molar-refractivity contribution is -0.870. The second-order valence-corrected chi connectivity index (χ2v) is 23.1. The van der Waals surface area contributed by atoms with Crippen LogP contribution in [0.1, 0.15) is 219 Å². The number of hydrogen-bond acceptors (Lipinski definition) is 8. The highest BCUT2D eigenvalue weighted by Gasteiger charge is 2.22. The van der Waals surface area contributed by atoms with Crippen molar-refractivity contribution in [3.8, 4) is 0 Å². The van der Waals surface area contributed by atoms with Crippen LogP contribution in [0.2, 0.25) is 0 Å². The van der Waals surface area contributed by atoms with Crippen LogP contribution in [0.4, 0.5) is 0 Å². The van der Waals surface area contributed by atoms with Gasteiger partial charge in [0, 0.05) is 12.8 Å². The molecule has 0 heterocycles. The molecule has 0 rings (SSSR count). The topological polar surface area (TPSA) is 111 Å². The Balaban J connectivity index is 4.21. The molecule has 0 bridgehead atoms. The van der Waals surface area contributed by atoms with Crippen LogP contribution in [0.3, 0.4) is 0 Å². The number of carbonyl (C=O) groups is 2. The number of nitrogens with zero attached hydrogens (tertiary/aromatic N) is 1. The number of allylic oxidation sites excluding steroid dienone is 28. The van der Waals surface area contributed by atoms with E-state index in [2.05, 4.69) is 184 Å². The number of phosphoric ester groups is 1. The first-order valence-corrected chi connectivity index (χ1v) is 33.3. The monoisotopic (exact) mass is 1150 g/mol. The van der Waals surface area contributed by atoms with Crippen LogP contribution in [-0.2, 0) is 32.7 Å². The fourth-order valence-electron chi connectivity index (χ4n) is 7.84. The molecule has 2 atom stereocenters. The molecule has 0 spiro atoms. The van der Waals surface area contributed by atoms with Crippen molar-refractivity contribution in [3.05, 3.63) is 170 Å². The maximum Gasteiger partial charge on any atom is 0.306 e. The Morgan fingerprint density at radius 3 is 1.04 bits per heavy atom. The molecule has 10 heteroatoms. The number of ether oxygens (including phenoxy) is 2. The standard InChI is InChI=1S/C72H116NO8P/c1-6-8-10-12-14-16-18-20-22-24-25-26-27-28-29-30-31-32-33-34-35-36-37-38-39-40-41-42-43-44-45-46-47-49-51-53-55-57-59-61-63-65-72(75)81-70(69-80-82(76,77)79-67-66-73(3,4)5)68-78-71(74)64-62-60-58-56-54-52-50-48-23-21-19-17-15-13-11-9-7-2/h8,10,14-17,20-23,25-26,28-29,31-32,34-35,37-38,40-41,43-44,46-47,51,53,70H,6-7,9,11-13,18-19,24,27,30,33,36,39,42,45,48-50,52,54-69H2,1-5H3/b10-8-,16-14-,17-15-,22-20-,23-21-,26-25-,29-28-,32-31-,35-34-,38-37-,41-40-,44-43-,47-46-,53-51-. The van der Waals surface area contributed by atoms with Crippen molar-refractivity contribution in [2.45, 2.75) is 225 Å². The normalized spacial score (nSPS) is 14.4. The third-order valence-electron chi connectivity index (χ3n) is 12.7. The number of unbranched alkanes of at least 4 members (excludes halogenated alkanes) is 14. The Morgan fingerprint density at radius 2 is 0.695 bits per heavy atom. The molecule has 462 valence electrons. The van der Waals surface area contributed by atoms with Gasteiger partial charge in [0.15, 0.2) is 6.10 Å². The van der Waals surface area contributed by atoms with Crippen LogP contribution in [-0.4, -0.2) is 70.0 Å². The van der Waals surface area contributed by atoms with Gasteiger partial charge in [-0.2, -0.15) is 0 Å². The van der Waals surface area contributed by atoms with Crippen LogP contribution in [0.5, 0.6) is 0 Å². The van der Waals surface area contributed by atoms with E-state index in [4.69, 9.17) is 18.5 Å². The largest absolute Gasteiger partial charge is 0.756 e. The summed E-state index contributed by atoms with van der Waals surface area (Å²) in [4.78, 5) is 37.9. The molecule has 2 unspecified atom stereocenters. The SMILES string of the molecule is CC/C=C\C/C=C\C/C=C\C/C=C\C/C=C\C/C=C\C/C=C\C/C=C\C/C=C\C/C=C\C/C=C\C/C=C\CCCCCCC(=O)OC(COC(=O)CCCCCCCCC/C=C\C/C=C\CCCCC)COP(=O)([O-])OCC[N+](C)(C)C. The van der Waals surface area contributed by atoms with Gasteiger partial charge in [-0.15, -0.1) is 0 Å². The maximum atomic E-state index is 12.8. The third-order valence-corrected chi connectivity index (χ3v) is 13.7. The van der Waals surface area contributed by atoms with Gasteiger partial charge in [-0.25, -0.2) is 0 Å². The molecule has 82 heavy (non-hydrogen) atoms. The van der Waals surface area contributed by atoms with Gasteiger partial charge < -0.3 is 27.9 Å². The minimum absolute atomic E-state index is 0.0466. The number of rotatable bonds is 56. The molecule has 0 aromatic heterocycles. The average molecular weight is 1150 g/mol. The fraction of sp³-hybridized carbons (Fsp3) is 0.583. The summed E-state index contributed by atoms with van der Waals surface area (Å²) in [6.07, 6.45) is 92.7. The van der Waals surface area contributed by atoms with Gasteiger partial charge in [-0.3, -0.25) is 14.2 Å². The van der Waals surface area contributed by atoms with Gasteiger partial charge in [0.05, 0.1) is 27.7 Å². The summed E-state index contributed by atoms with van der Waals surface area (Å²) < 4.78 is 34.1. The van der Waals surface area contributed by atoms with Crippen LogP contribution < -0.4 is 4.89 Å². The number of carbonyl (C=O) groups excluding carboxylic acids is 2. The minimum atomic E-state index is -4.66. The molecule has 0 N–H and O–H groups in total. The molecular weight excluding hydrogens is 1040 g/mol. The zero-order valence-electron chi connectivity index (χ0n) is 52.4. The Hall–Kier alpha value is -4.63. The Bertz CT molecular complexity index is 1990. The number of hydrogen-bond donors (Lipinski definition) is 0. The van der Waals surface area contributed by atoms with Gasteiger partial charge in [0.25, 0.3) is 7.82 Å². The van der Waals surface area contributed by atoms with Crippen molar-refractivity contribution < 1.29 is 42.1 Å². The van der Waals surface area contributed by atoms with E-state index >= 15 is 0 Å². The predicted octanol–water partition coefficient (Wildman–Crippen LogP) is 20.0. The minimum Gasteiger partial charge on any atom is -0.756 e. The summed E-state index contributed by atoms with van der Waals surface area (Å²) in [6, 6.07) is 0. The second kappa shape index (κ2) is 60.9. The van der Waals surface area contributed by atoms with Gasteiger partial charge >= 0.3 is 11.9 Å². The molecule has 0 aromatic carbocycles. The molecular formula is C72H116NO8P. The van der Waals surface area contributed by atoms with Crippen molar-refractivity contribution >= 4 is 19.8 Å². The van der Waals surface area contributed by atoms with E-state index in [-0.39, 0.29) is 26.1 Å². The van der Waals surface area contributed by atoms with E-state index in [1.165, 1.54) is 44.9 Å². The van der Waals surface area contributed by atoms with Crippen LogP contribution >= 0.6 is 7.82 Å². The number of quaternary nitrogens is 1. The van der Waals surface area contributed by atoms with Gasteiger partial charge in [0.2, 0.25) is 0 Å². The first-order valence-electron chi connectivity index (χ1n) is 31.8. The van der Waals surface area contributed by atoms with Crippen molar-refractivity contribution in [3.63, 3.8) is 0 Å². The Morgan fingerprint density at radius 1 is 0.390 bits per heavy atom. The molecule has 0 saturated carbocycles. The molecule has 0 amide bonds. The highest BCUT2D eigenvalue weighted by molar-refractivity contribution is 7.45. The number of likely N-dealkylation sites (N-methyl/N-ethyl adjacent to an activating group) is 1. The van der Waals surface area contributed by atoms with E-state index in [9.17, 15) is 19.0 Å². The van der Waals surface area contributed by atoms with Crippen LogP contribution in [0.25, 0.3) is 0 Å². The van der Waals surface area contributed by atoms with E-state index < -0.39 is 32.5 Å². The summed E-state index contributed by atoms with van der Waals surface area (Å²) in [7, 11) is 1.12. The summed E-state index contributed by atoms with van der Waals surface area (Å²) in [5.41, 5.74) is 0. The lowest BCUT2D eigenvalue weighted by Gasteiger charge is -2.28. The van der Waals surface area contributed by atoms with E-state index in [1.54, 1.807) is 0 Å². The van der Waals surface area contributed by atoms with Gasteiger partial charge in [0.1, 0.15) is 19.8 Å². The highest BCUT2D eigenvalue weighted by Crippen LogP contribution is 2.38. The molecule has 0 radical (unpaired) electrons. The molecule has 0 aliphatic rings. The van der Waals surface area contributed by atoms with E-state index in [0.29, 0.717) is 23.9 Å². The zero-order chi connectivity index (χ0) is 59.8. The Labute approximate surface area is 502 Å². The van der Waals surface area contributed by atoms with Crippen LogP contribution in [0.15, 0.2) is 170 Å². The molecule has 0 fully saturated rings. The Kier molecular flexibility index (Phi) is 57.5. The molecule has 9 nitrogen and oxygen atoms in total. The van der Waals surface area contributed by atoms with E-state index in [1.807, 2.05) is 21.1 Å². The maximum absolute atomic E-state index is 12.8. The van der Waals surface area contributed by atoms with Crippen molar-refractivity contribution in [2.24, 2.45) is 0 Å². The average Bonchev–Trinajstić information content (AvgIpc) is 3.45. The summed E-state index contributed by atoms with van der Waals surface area (Å²) in [5, 5.41) is 0. The van der Waals surface area contributed by atoms with Crippen LogP contribution in [0, 0.1) is 0 Å². The zero-order valence-corrected chi connectivity index (χ0v) is 53.3. The molecule has 0 saturated heterocycles. The number of esters is 2.